The number of hydrazone groups is 1. The van der Waals surface area contributed by atoms with Gasteiger partial charge in [-0.3, -0.25) is 19.7 Å². The molecular weight excluding hydrogens is 368 g/mol. The molecule has 0 aliphatic carbocycles. The molecule has 0 spiro atoms. The largest absolute Gasteiger partial charge is 0.497 e. The maximum atomic E-state index is 12.2. The minimum atomic E-state index is -0.565. The molecule has 0 aliphatic rings. The standard InChI is InChI=1S/C18H18N4O6/c1-27-15-7-13(8-16(9-15)28-2)18(24)19-11-17(23)21-20-10-12-4-3-5-14(6-12)22(25)26/h3-10H,11H2,1-2H3,(H,19,24)(H,21,23)/b20-10+. The van der Waals surface area contributed by atoms with E-state index in [9.17, 15) is 19.7 Å². The van der Waals surface area contributed by atoms with Gasteiger partial charge in [-0.15, -0.1) is 0 Å². The van der Waals surface area contributed by atoms with Crippen LogP contribution >= 0.6 is 0 Å². The molecule has 0 heterocycles. The van der Waals surface area contributed by atoms with Crippen molar-refractivity contribution in [3.05, 3.63) is 63.7 Å². The lowest BCUT2D eigenvalue weighted by Crippen LogP contribution is -2.34. The van der Waals surface area contributed by atoms with E-state index in [0.717, 1.165) is 0 Å². The average molecular weight is 386 g/mol. The number of hydrogen-bond donors (Lipinski definition) is 2. The van der Waals surface area contributed by atoms with Gasteiger partial charge in [0.25, 0.3) is 17.5 Å². The molecule has 2 aromatic rings. The Morgan fingerprint density at radius 2 is 1.82 bits per heavy atom. The van der Waals surface area contributed by atoms with Crippen LogP contribution in [0.3, 0.4) is 0 Å². The Balaban J connectivity index is 1.89. The summed E-state index contributed by atoms with van der Waals surface area (Å²) in [5.41, 5.74) is 2.86. The van der Waals surface area contributed by atoms with E-state index in [1.165, 1.54) is 50.8 Å². The number of non-ortho nitro benzene ring substituents is 1. The summed E-state index contributed by atoms with van der Waals surface area (Å²) in [5, 5.41) is 16.9. The summed E-state index contributed by atoms with van der Waals surface area (Å²) in [6, 6.07) is 10.4. The number of carbonyl (C=O) groups is 2. The first-order valence-corrected chi connectivity index (χ1v) is 8.00. The lowest BCUT2D eigenvalue weighted by atomic mass is 10.2. The molecule has 0 atom stereocenters. The molecule has 146 valence electrons. The molecule has 2 N–H and O–H groups in total. The first-order chi connectivity index (χ1) is 13.4. The van der Waals surface area contributed by atoms with Crippen LogP contribution in [0.25, 0.3) is 0 Å². The van der Waals surface area contributed by atoms with E-state index in [2.05, 4.69) is 15.8 Å². The Morgan fingerprint density at radius 1 is 1.14 bits per heavy atom. The predicted molar refractivity (Wildman–Crippen MR) is 101 cm³/mol. The second-order valence-electron chi connectivity index (χ2n) is 5.43. The van der Waals surface area contributed by atoms with Gasteiger partial charge in [-0.05, 0) is 12.1 Å². The summed E-state index contributed by atoms with van der Waals surface area (Å²) in [7, 11) is 2.92. The van der Waals surface area contributed by atoms with Gasteiger partial charge in [0.15, 0.2) is 0 Å². The van der Waals surface area contributed by atoms with Gasteiger partial charge in [-0.1, -0.05) is 12.1 Å². The zero-order valence-electron chi connectivity index (χ0n) is 15.2. The van der Waals surface area contributed by atoms with Crippen LogP contribution in [0.1, 0.15) is 15.9 Å². The molecule has 0 saturated heterocycles. The van der Waals surface area contributed by atoms with Crippen LogP contribution in [0.5, 0.6) is 11.5 Å². The molecule has 0 aromatic heterocycles. The van der Waals surface area contributed by atoms with Crippen LogP contribution in [0.4, 0.5) is 5.69 Å². The lowest BCUT2D eigenvalue weighted by molar-refractivity contribution is -0.384. The molecular formula is C18H18N4O6. The summed E-state index contributed by atoms with van der Waals surface area (Å²) in [6.45, 7) is -0.315. The SMILES string of the molecule is COc1cc(OC)cc(C(=O)NCC(=O)N/N=C/c2cccc([N+](=O)[O-])c2)c1. The van der Waals surface area contributed by atoms with Crippen molar-refractivity contribution in [1.82, 2.24) is 10.7 Å². The maximum Gasteiger partial charge on any atom is 0.270 e. The molecule has 10 heteroatoms. The number of rotatable bonds is 8. The molecule has 0 unspecified atom stereocenters. The molecule has 2 rings (SSSR count). The van der Waals surface area contributed by atoms with Crippen molar-refractivity contribution in [3.63, 3.8) is 0 Å². The monoisotopic (exact) mass is 386 g/mol. The zero-order chi connectivity index (χ0) is 20.5. The molecule has 0 bridgehead atoms. The summed E-state index contributed by atoms with van der Waals surface area (Å²) in [4.78, 5) is 34.2. The van der Waals surface area contributed by atoms with Crippen molar-refractivity contribution >= 4 is 23.7 Å². The fourth-order valence-corrected chi connectivity index (χ4v) is 2.14. The minimum Gasteiger partial charge on any atom is -0.497 e. The fourth-order valence-electron chi connectivity index (χ4n) is 2.14. The van der Waals surface area contributed by atoms with Crippen molar-refractivity contribution in [3.8, 4) is 11.5 Å². The van der Waals surface area contributed by atoms with Gasteiger partial charge < -0.3 is 14.8 Å². The van der Waals surface area contributed by atoms with Crippen molar-refractivity contribution in [1.29, 1.82) is 0 Å². The van der Waals surface area contributed by atoms with E-state index < -0.39 is 16.7 Å². The summed E-state index contributed by atoms with van der Waals surface area (Å²) in [5.74, 6) is -0.175. The van der Waals surface area contributed by atoms with E-state index in [0.29, 0.717) is 17.1 Å². The highest BCUT2D eigenvalue weighted by Gasteiger charge is 2.11. The van der Waals surface area contributed by atoms with Crippen LogP contribution in [0.15, 0.2) is 47.6 Å². The third-order valence-corrected chi connectivity index (χ3v) is 3.51. The highest BCUT2D eigenvalue weighted by atomic mass is 16.6. The normalized spacial score (nSPS) is 10.4. The van der Waals surface area contributed by atoms with E-state index in [4.69, 9.17) is 9.47 Å². The topological polar surface area (TPSA) is 132 Å². The van der Waals surface area contributed by atoms with E-state index in [-0.39, 0.29) is 17.8 Å². The fraction of sp³-hybridized carbons (Fsp3) is 0.167. The molecule has 2 aromatic carbocycles. The number of nitro benzene ring substituents is 1. The minimum absolute atomic E-state index is 0.0868. The third-order valence-electron chi connectivity index (χ3n) is 3.51. The molecule has 10 nitrogen and oxygen atoms in total. The lowest BCUT2D eigenvalue weighted by Gasteiger charge is -2.08. The quantitative estimate of drug-likeness (QED) is 0.401. The molecule has 28 heavy (non-hydrogen) atoms. The third kappa shape index (κ3) is 5.80. The first kappa shape index (κ1) is 20.4. The number of benzene rings is 2. The second-order valence-corrected chi connectivity index (χ2v) is 5.43. The summed E-state index contributed by atoms with van der Waals surface area (Å²) >= 11 is 0. The zero-order valence-corrected chi connectivity index (χ0v) is 15.2. The summed E-state index contributed by atoms with van der Waals surface area (Å²) in [6.07, 6.45) is 1.26. The van der Waals surface area contributed by atoms with Crippen molar-refractivity contribution < 1.29 is 24.0 Å². The Kier molecular flexibility index (Phi) is 7.03. The van der Waals surface area contributed by atoms with E-state index in [1.54, 1.807) is 12.1 Å². The number of amides is 2. The highest BCUT2D eigenvalue weighted by molar-refractivity contribution is 5.97. The van der Waals surface area contributed by atoms with Gasteiger partial charge in [0, 0.05) is 29.3 Å². The highest BCUT2D eigenvalue weighted by Crippen LogP contribution is 2.22. The average Bonchev–Trinajstić information content (AvgIpc) is 2.71. The van der Waals surface area contributed by atoms with Crippen molar-refractivity contribution in [2.24, 2.45) is 5.10 Å². The Labute approximate surface area is 160 Å². The van der Waals surface area contributed by atoms with Crippen molar-refractivity contribution in [2.45, 2.75) is 0 Å². The van der Waals surface area contributed by atoms with Crippen molar-refractivity contribution in [2.75, 3.05) is 20.8 Å². The van der Waals surface area contributed by atoms with E-state index >= 15 is 0 Å². The number of methoxy groups -OCH3 is 2. The maximum absolute atomic E-state index is 12.2. The Morgan fingerprint density at radius 3 is 2.43 bits per heavy atom. The van der Waals surface area contributed by atoms with Gasteiger partial charge in [-0.2, -0.15) is 5.10 Å². The smallest absolute Gasteiger partial charge is 0.270 e. The number of carbonyl (C=O) groups excluding carboxylic acids is 2. The molecule has 0 radical (unpaired) electrons. The van der Waals surface area contributed by atoms with Crippen LogP contribution in [0.2, 0.25) is 0 Å². The van der Waals surface area contributed by atoms with Gasteiger partial charge >= 0.3 is 0 Å². The van der Waals surface area contributed by atoms with E-state index in [1.807, 2.05) is 0 Å². The Bertz CT molecular complexity index is 890. The first-order valence-electron chi connectivity index (χ1n) is 8.00. The van der Waals surface area contributed by atoms with Crippen LogP contribution in [-0.4, -0.2) is 43.7 Å². The molecule has 0 saturated carbocycles. The molecule has 0 fully saturated rings. The van der Waals surface area contributed by atoms with Gasteiger partial charge in [-0.25, -0.2) is 5.43 Å². The van der Waals surface area contributed by atoms with Gasteiger partial charge in [0.2, 0.25) is 0 Å². The van der Waals surface area contributed by atoms with Crippen LogP contribution < -0.4 is 20.2 Å². The van der Waals surface area contributed by atoms with Crippen LogP contribution in [-0.2, 0) is 4.79 Å². The summed E-state index contributed by atoms with van der Waals surface area (Å²) < 4.78 is 10.2. The predicted octanol–water partition coefficient (Wildman–Crippen LogP) is 1.49. The number of ether oxygens (including phenoxy) is 2. The number of nitrogens with one attached hydrogen (secondary N) is 2. The van der Waals surface area contributed by atoms with Gasteiger partial charge in [0.05, 0.1) is 31.9 Å². The van der Waals surface area contributed by atoms with Gasteiger partial charge in [0.1, 0.15) is 11.5 Å². The second kappa shape index (κ2) is 9.67. The number of nitro groups is 1. The molecule has 0 aliphatic heterocycles. The number of nitrogens with zero attached hydrogens (tertiary/aromatic N) is 2. The molecule has 2 amide bonds. The van der Waals surface area contributed by atoms with Crippen LogP contribution in [0, 0.1) is 10.1 Å². The Hall–Kier alpha value is -3.95. The number of hydrogen-bond acceptors (Lipinski definition) is 7.